The second-order valence-corrected chi connectivity index (χ2v) is 3.45. The molecule has 1 aromatic heterocycles. The van der Waals surface area contributed by atoms with Crippen molar-refractivity contribution in [1.82, 2.24) is 0 Å². The van der Waals surface area contributed by atoms with Gasteiger partial charge in [0.25, 0.3) is 5.91 Å². The summed E-state index contributed by atoms with van der Waals surface area (Å²) in [4.78, 5) is 11.6. The monoisotopic (exact) mass is 219 g/mol. The van der Waals surface area contributed by atoms with Gasteiger partial charge in [-0.25, -0.2) is 4.39 Å². The molecule has 2 aromatic rings. The van der Waals surface area contributed by atoms with Gasteiger partial charge in [0.15, 0.2) is 0 Å². The maximum absolute atomic E-state index is 13.3. The molecule has 1 aromatic carbocycles. The lowest BCUT2D eigenvalue weighted by Gasteiger charge is -2.05. The molecule has 0 saturated heterocycles. The Labute approximate surface area is 91.9 Å². The Morgan fingerprint density at radius 3 is 2.88 bits per heavy atom. The lowest BCUT2D eigenvalue weighted by Crippen LogP contribution is -2.12. The van der Waals surface area contributed by atoms with Crippen molar-refractivity contribution in [2.45, 2.75) is 6.92 Å². The van der Waals surface area contributed by atoms with Crippen molar-refractivity contribution in [2.75, 3.05) is 5.32 Å². The zero-order valence-corrected chi connectivity index (χ0v) is 8.66. The maximum Gasteiger partial charge on any atom is 0.258 e. The summed E-state index contributed by atoms with van der Waals surface area (Å²) in [5.41, 5.74) is 1.41. The van der Waals surface area contributed by atoms with E-state index in [0.717, 1.165) is 5.56 Å². The number of amides is 1. The quantitative estimate of drug-likeness (QED) is 0.843. The van der Waals surface area contributed by atoms with Gasteiger partial charge in [-0.05, 0) is 30.7 Å². The number of nitrogens with one attached hydrogen (secondary N) is 1. The van der Waals surface area contributed by atoms with Crippen LogP contribution in [0.4, 0.5) is 10.1 Å². The van der Waals surface area contributed by atoms with E-state index in [0.29, 0.717) is 5.56 Å². The molecule has 0 fully saturated rings. The summed E-state index contributed by atoms with van der Waals surface area (Å²) in [6.45, 7) is 1.83. The third kappa shape index (κ3) is 2.11. The first-order valence-electron chi connectivity index (χ1n) is 4.76. The van der Waals surface area contributed by atoms with Crippen LogP contribution < -0.4 is 5.32 Å². The summed E-state index contributed by atoms with van der Waals surface area (Å²) in [5, 5.41) is 2.48. The minimum Gasteiger partial charge on any atom is -0.472 e. The van der Waals surface area contributed by atoms with Gasteiger partial charge < -0.3 is 9.73 Å². The van der Waals surface area contributed by atoms with E-state index in [9.17, 15) is 9.18 Å². The van der Waals surface area contributed by atoms with Crippen LogP contribution in [0.1, 0.15) is 15.9 Å². The average Bonchev–Trinajstić information content (AvgIpc) is 2.76. The number of carbonyl (C=O) groups excluding carboxylic acids is 1. The van der Waals surface area contributed by atoms with E-state index in [1.54, 1.807) is 12.1 Å². The molecule has 0 unspecified atom stereocenters. The first-order chi connectivity index (χ1) is 7.66. The number of aryl methyl sites for hydroxylation is 1. The lowest BCUT2D eigenvalue weighted by molar-refractivity contribution is 0.102. The van der Waals surface area contributed by atoms with Gasteiger partial charge in [0, 0.05) is 0 Å². The number of hydrogen-bond donors (Lipinski definition) is 1. The van der Waals surface area contributed by atoms with Crippen LogP contribution in [0.2, 0.25) is 0 Å². The summed E-state index contributed by atoms with van der Waals surface area (Å²) in [5.74, 6) is -0.847. The molecule has 82 valence electrons. The fraction of sp³-hybridized carbons (Fsp3) is 0.0833. The van der Waals surface area contributed by atoms with Crippen LogP contribution in [0.5, 0.6) is 0 Å². The normalized spacial score (nSPS) is 10.1. The Bertz CT molecular complexity index is 506. The molecular weight excluding hydrogens is 209 g/mol. The van der Waals surface area contributed by atoms with Crippen LogP contribution >= 0.6 is 0 Å². The molecule has 4 heteroatoms. The Hall–Kier alpha value is -2.10. The maximum atomic E-state index is 13.3. The van der Waals surface area contributed by atoms with Crippen LogP contribution in [-0.4, -0.2) is 5.91 Å². The Kier molecular flexibility index (Phi) is 2.72. The van der Waals surface area contributed by atoms with Crippen LogP contribution in [0.15, 0.2) is 41.2 Å². The molecule has 0 atom stereocenters. The second kappa shape index (κ2) is 4.18. The summed E-state index contributed by atoms with van der Waals surface area (Å²) in [6, 6.07) is 6.06. The molecule has 0 bridgehead atoms. The van der Waals surface area contributed by atoms with Crippen molar-refractivity contribution in [3.8, 4) is 0 Å². The molecule has 0 aliphatic rings. The van der Waals surface area contributed by atoms with Gasteiger partial charge in [0.2, 0.25) is 0 Å². The SMILES string of the molecule is Cc1ccc(F)c(NC(=O)c2ccoc2)c1. The number of carbonyl (C=O) groups is 1. The van der Waals surface area contributed by atoms with Crippen molar-refractivity contribution >= 4 is 11.6 Å². The summed E-state index contributed by atoms with van der Waals surface area (Å²) < 4.78 is 18.1. The predicted octanol–water partition coefficient (Wildman–Crippen LogP) is 2.98. The van der Waals surface area contributed by atoms with Crippen molar-refractivity contribution in [3.63, 3.8) is 0 Å². The number of furan rings is 1. The van der Waals surface area contributed by atoms with Gasteiger partial charge in [-0.1, -0.05) is 6.07 Å². The van der Waals surface area contributed by atoms with Gasteiger partial charge in [-0.3, -0.25) is 4.79 Å². The third-order valence-corrected chi connectivity index (χ3v) is 2.15. The third-order valence-electron chi connectivity index (χ3n) is 2.15. The molecule has 0 spiro atoms. The fourth-order valence-electron chi connectivity index (χ4n) is 1.32. The fourth-order valence-corrected chi connectivity index (χ4v) is 1.32. The number of rotatable bonds is 2. The van der Waals surface area contributed by atoms with Crippen molar-refractivity contribution in [3.05, 3.63) is 53.7 Å². The summed E-state index contributed by atoms with van der Waals surface area (Å²) in [7, 11) is 0. The highest BCUT2D eigenvalue weighted by molar-refractivity contribution is 6.04. The predicted molar refractivity (Wildman–Crippen MR) is 57.8 cm³/mol. The van der Waals surface area contributed by atoms with Crippen molar-refractivity contribution in [1.29, 1.82) is 0 Å². The molecule has 0 radical (unpaired) electrons. The van der Waals surface area contributed by atoms with Crippen LogP contribution in [0, 0.1) is 12.7 Å². The van der Waals surface area contributed by atoms with Crippen LogP contribution in [-0.2, 0) is 0 Å². The highest BCUT2D eigenvalue weighted by Crippen LogP contribution is 2.16. The van der Waals surface area contributed by atoms with E-state index in [2.05, 4.69) is 5.32 Å². The molecule has 1 N–H and O–H groups in total. The molecule has 16 heavy (non-hydrogen) atoms. The van der Waals surface area contributed by atoms with E-state index < -0.39 is 11.7 Å². The van der Waals surface area contributed by atoms with Gasteiger partial charge in [0.1, 0.15) is 12.1 Å². The minimum atomic E-state index is -0.456. The summed E-state index contributed by atoms with van der Waals surface area (Å²) >= 11 is 0. The molecule has 0 aliphatic heterocycles. The van der Waals surface area contributed by atoms with Gasteiger partial charge in [-0.2, -0.15) is 0 Å². The highest BCUT2D eigenvalue weighted by Gasteiger charge is 2.10. The van der Waals surface area contributed by atoms with Crippen molar-refractivity contribution < 1.29 is 13.6 Å². The standard InChI is InChI=1S/C12H10FNO2/c1-8-2-3-10(13)11(6-8)14-12(15)9-4-5-16-7-9/h2-7H,1H3,(H,14,15). The Morgan fingerprint density at radius 2 is 2.19 bits per heavy atom. The lowest BCUT2D eigenvalue weighted by atomic mass is 10.2. The molecule has 1 heterocycles. The zero-order valence-electron chi connectivity index (χ0n) is 8.66. The average molecular weight is 219 g/mol. The molecule has 1 amide bonds. The summed E-state index contributed by atoms with van der Waals surface area (Å²) in [6.07, 6.45) is 2.70. The van der Waals surface area contributed by atoms with Crippen LogP contribution in [0.25, 0.3) is 0 Å². The first-order valence-corrected chi connectivity index (χ1v) is 4.76. The number of benzene rings is 1. The zero-order chi connectivity index (χ0) is 11.5. The van der Waals surface area contributed by atoms with Crippen molar-refractivity contribution in [2.24, 2.45) is 0 Å². The topological polar surface area (TPSA) is 42.2 Å². The molecule has 0 aliphatic carbocycles. The van der Waals surface area contributed by atoms with E-state index in [4.69, 9.17) is 4.42 Å². The number of hydrogen-bond acceptors (Lipinski definition) is 2. The van der Waals surface area contributed by atoms with E-state index in [1.165, 1.54) is 24.7 Å². The van der Waals surface area contributed by atoms with E-state index in [-0.39, 0.29) is 5.69 Å². The highest BCUT2D eigenvalue weighted by atomic mass is 19.1. The second-order valence-electron chi connectivity index (χ2n) is 3.45. The first kappa shape index (κ1) is 10.4. The Balaban J connectivity index is 2.21. The number of halogens is 1. The molecular formula is C12H10FNO2. The van der Waals surface area contributed by atoms with E-state index >= 15 is 0 Å². The number of anilines is 1. The van der Waals surface area contributed by atoms with Gasteiger partial charge in [0.05, 0.1) is 17.5 Å². The molecule has 2 rings (SSSR count). The molecule has 0 saturated carbocycles. The molecule has 3 nitrogen and oxygen atoms in total. The van der Waals surface area contributed by atoms with Gasteiger partial charge >= 0.3 is 0 Å². The smallest absolute Gasteiger partial charge is 0.258 e. The Morgan fingerprint density at radius 1 is 1.38 bits per heavy atom. The van der Waals surface area contributed by atoms with Gasteiger partial charge in [-0.15, -0.1) is 0 Å². The van der Waals surface area contributed by atoms with Crippen LogP contribution in [0.3, 0.4) is 0 Å². The van der Waals surface area contributed by atoms with E-state index in [1.807, 2.05) is 6.92 Å². The minimum absolute atomic E-state index is 0.172. The largest absolute Gasteiger partial charge is 0.472 e.